The number of rotatable bonds is 5. The van der Waals surface area contributed by atoms with E-state index in [0.29, 0.717) is 22.9 Å². The van der Waals surface area contributed by atoms with Crippen molar-refractivity contribution in [2.45, 2.75) is 26.8 Å². The van der Waals surface area contributed by atoms with Crippen LogP contribution in [-0.2, 0) is 11.3 Å². The summed E-state index contributed by atoms with van der Waals surface area (Å²) in [6, 6.07) is 8.04. The van der Waals surface area contributed by atoms with E-state index in [1.165, 1.54) is 16.9 Å². The average molecular weight is 359 g/mol. The molecule has 0 bridgehead atoms. The molecule has 0 radical (unpaired) electrons. The Balaban J connectivity index is 1.71. The van der Waals surface area contributed by atoms with Crippen LogP contribution in [0.25, 0.3) is 11.4 Å². The molecular weight excluding hydrogens is 342 g/mol. The number of thiazole rings is 1. The highest BCUT2D eigenvalue weighted by Gasteiger charge is 2.11. The number of hydrogen-bond acceptors (Lipinski definition) is 5. The average Bonchev–Trinajstić information content (AvgIpc) is 3.12. The van der Waals surface area contributed by atoms with Gasteiger partial charge < -0.3 is 5.32 Å². The first-order valence-corrected chi connectivity index (χ1v) is 8.70. The van der Waals surface area contributed by atoms with Crippen LogP contribution >= 0.6 is 23.6 Å². The van der Waals surface area contributed by atoms with Crippen molar-refractivity contribution in [1.82, 2.24) is 19.7 Å². The van der Waals surface area contributed by atoms with Crippen molar-refractivity contribution in [2.75, 3.05) is 5.32 Å². The number of aryl methyl sites for hydroxylation is 2. The number of hydrogen-bond donors (Lipinski definition) is 2. The lowest BCUT2D eigenvalue weighted by atomic mass is 10.1. The molecule has 0 aliphatic heterocycles. The minimum absolute atomic E-state index is 0.0951. The van der Waals surface area contributed by atoms with Crippen LogP contribution in [0.1, 0.15) is 16.9 Å². The predicted molar refractivity (Wildman–Crippen MR) is 97.7 cm³/mol. The maximum absolute atomic E-state index is 12.1. The zero-order valence-electron chi connectivity index (χ0n) is 13.4. The highest BCUT2D eigenvalue weighted by molar-refractivity contribution is 7.71. The molecule has 0 aliphatic carbocycles. The summed E-state index contributed by atoms with van der Waals surface area (Å²) >= 11 is 6.74. The Morgan fingerprint density at radius 3 is 2.75 bits per heavy atom. The lowest BCUT2D eigenvalue weighted by Crippen LogP contribution is -2.15. The fourth-order valence-electron chi connectivity index (χ4n) is 2.26. The minimum Gasteiger partial charge on any atom is -0.302 e. The summed E-state index contributed by atoms with van der Waals surface area (Å²) in [6.07, 6.45) is 2.03. The van der Waals surface area contributed by atoms with E-state index in [1.807, 2.05) is 42.7 Å². The first-order chi connectivity index (χ1) is 11.5. The Morgan fingerprint density at radius 2 is 2.08 bits per heavy atom. The van der Waals surface area contributed by atoms with E-state index >= 15 is 0 Å². The van der Waals surface area contributed by atoms with Crippen LogP contribution in [0.5, 0.6) is 0 Å². The molecule has 0 aliphatic rings. The number of aromatic amines is 1. The van der Waals surface area contributed by atoms with Gasteiger partial charge >= 0.3 is 0 Å². The molecular formula is C16H17N5OS2. The number of carbonyl (C=O) groups is 1. The molecule has 8 heteroatoms. The van der Waals surface area contributed by atoms with Crippen molar-refractivity contribution in [2.24, 2.45) is 0 Å². The molecule has 1 aromatic carbocycles. The minimum atomic E-state index is -0.0951. The second-order valence-electron chi connectivity index (χ2n) is 5.44. The van der Waals surface area contributed by atoms with Crippen molar-refractivity contribution in [3.63, 3.8) is 0 Å². The van der Waals surface area contributed by atoms with Crippen LogP contribution < -0.4 is 5.32 Å². The second kappa shape index (κ2) is 7.06. The van der Waals surface area contributed by atoms with Gasteiger partial charge in [-0.1, -0.05) is 29.8 Å². The molecule has 6 nitrogen and oxygen atoms in total. The zero-order chi connectivity index (χ0) is 17.1. The lowest BCUT2D eigenvalue weighted by Gasteiger charge is -2.07. The summed E-state index contributed by atoms with van der Waals surface area (Å²) in [5.74, 6) is 0.639. The van der Waals surface area contributed by atoms with Crippen LogP contribution in [0.3, 0.4) is 0 Å². The first-order valence-electron chi connectivity index (χ1n) is 7.47. The van der Waals surface area contributed by atoms with Crippen molar-refractivity contribution < 1.29 is 4.79 Å². The summed E-state index contributed by atoms with van der Waals surface area (Å²) in [5.41, 5.74) is 2.14. The zero-order valence-corrected chi connectivity index (χ0v) is 15.0. The monoisotopic (exact) mass is 359 g/mol. The lowest BCUT2D eigenvalue weighted by molar-refractivity contribution is -0.116. The number of nitrogens with one attached hydrogen (secondary N) is 2. The Labute approximate surface area is 148 Å². The number of nitrogens with zero attached hydrogens (tertiary/aromatic N) is 3. The number of amides is 1. The SMILES string of the molecule is Cc1ccc(-c2n[nH]c(=S)n2CCC(=O)Nc2ncc(C)s2)cc1. The Morgan fingerprint density at radius 1 is 1.33 bits per heavy atom. The molecule has 0 unspecified atom stereocenters. The highest BCUT2D eigenvalue weighted by Crippen LogP contribution is 2.19. The maximum Gasteiger partial charge on any atom is 0.227 e. The van der Waals surface area contributed by atoms with E-state index in [2.05, 4.69) is 20.5 Å². The number of anilines is 1. The molecule has 0 atom stereocenters. The van der Waals surface area contributed by atoms with Gasteiger partial charge in [-0.25, -0.2) is 4.98 Å². The molecule has 0 saturated carbocycles. The summed E-state index contributed by atoms with van der Waals surface area (Å²) < 4.78 is 2.34. The molecule has 1 amide bonds. The van der Waals surface area contributed by atoms with Gasteiger partial charge in [0.1, 0.15) is 0 Å². The summed E-state index contributed by atoms with van der Waals surface area (Å²) in [7, 11) is 0. The van der Waals surface area contributed by atoms with Crippen molar-refractivity contribution in [1.29, 1.82) is 0 Å². The van der Waals surface area contributed by atoms with E-state index in [-0.39, 0.29) is 5.91 Å². The summed E-state index contributed by atoms with van der Waals surface area (Å²) in [5, 5.41) is 10.5. The molecule has 3 aromatic rings. The fraction of sp³-hybridized carbons (Fsp3) is 0.250. The molecule has 24 heavy (non-hydrogen) atoms. The van der Waals surface area contributed by atoms with Gasteiger partial charge in [-0.3, -0.25) is 14.5 Å². The fourth-order valence-corrected chi connectivity index (χ4v) is 3.16. The van der Waals surface area contributed by atoms with Gasteiger partial charge in [-0.15, -0.1) is 11.3 Å². The molecule has 0 fully saturated rings. The topological polar surface area (TPSA) is 75.6 Å². The predicted octanol–water partition coefficient (Wildman–Crippen LogP) is 3.71. The third kappa shape index (κ3) is 3.77. The van der Waals surface area contributed by atoms with E-state index in [4.69, 9.17) is 12.2 Å². The maximum atomic E-state index is 12.1. The van der Waals surface area contributed by atoms with Gasteiger partial charge in [0.2, 0.25) is 5.91 Å². The molecule has 2 N–H and O–H groups in total. The standard InChI is InChI=1S/C16H17N5OS2/c1-10-3-5-12(6-4-10)14-19-20-16(23)21(14)8-7-13(22)18-15-17-9-11(2)24-15/h3-6,9H,7-8H2,1-2H3,(H,20,23)(H,17,18,22). The third-order valence-electron chi connectivity index (χ3n) is 3.50. The van der Waals surface area contributed by atoms with E-state index in [1.54, 1.807) is 6.20 Å². The van der Waals surface area contributed by atoms with E-state index in [0.717, 1.165) is 16.3 Å². The number of aromatic nitrogens is 4. The van der Waals surface area contributed by atoms with Crippen LogP contribution in [0, 0.1) is 18.6 Å². The molecule has 2 heterocycles. The van der Waals surface area contributed by atoms with Gasteiger partial charge in [-0.2, -0.15) is 5.10 Å². The van der Waals surface area contributed by atoms with Gasteiger partial charge in [-0.05, 0) is 26.1 Å². The van der Waals surface area contributed by atoms with E-state index in [9.17, 15) is 4.79 Å². The van der Waals surface area contributed by atoms with Crippen LogP contribution in [-0.4, -0.2) is 25.7 Å². The molecule has 0 saturated heterocycles. The largest absolute Gasteiger partial charge is 0.302 e. The molecule has 124 valence electrons. The van der Waals surface area contributed by atoms with Crippen molar-refractivity contribution in [3.05, 3.63) is 45.7 Å². The Bertz CT molecular complexity index is 907. The Hall–Kier alpha value is -2.32. The summed E-state index contributed by atoms with van der Waals surface area (Å²) in [6.45, 7) is 4.44. The highest BCUT2D eigenvalue weighted by atomic mass is 32.1. The molecule has 2 aromatic heterocycles. The van der Waals surface area contributed by atoms with Crippen molar-refractivity contribution >= 4 is 34.6 Å². The van der Waals surface area contributed by atoms with Crippen LogP contribution in [0.15, 0.2) is 30.5 Å². The summed E-state index contributed by atoms with van der Waals surface area (Å²) in [4.78, 5) is 17.3. The smallest absolute Gasteiger partial charge is 0.227 e. The van der Waals surface area contributed by atoms with Crippen LogP contribution in [0.2, 0.25) is 0 Å². The van der Waals surface area contributed by atoms with Gasteiger partial charge in [0.25, 0.3) is 0 Å². The van der Waals surface area contributed by atoms with Crippen LogP contribution in [0.4, 0.5) is 5.13 Å². The molecule has 0 spiro atoms. The van der Waals surface area contributed by atoms with Gasteiger partial charge in [0, 0.05) is 29.6 Å². The number of benzene rings is 1. The van der Waals surface area contributed by atoms with Gasteiger partial charge in [0.05, 0.1) is 0 Å². The normalized spacial score (nSPS) is 10.8. The third-order valence-corrected chi connectivity index (χ3v) is 4.64. The molecule has 3 rings (SSSR count). The first kappa shape index (κ1) is 16.5. The number of carbonyl (C=O) groups excluding carboxylic acids is 1. The van der Waals surface area contributed by atoms with Crippen molar-refractivity contribution in [3.8, 4) is 11.4 Å². The van der Waals surface area contributed by atoms with E-state index < -0.39 is 0 Å². The van der Waals surface area contributed by atoms with Gasteiger partial charge in [0.15, 0.2) is 15.7 Å². The Kier molecular flexibility index (Phi) is 4.86. The number of H-pyrrole nitrogens is 1. The quantitative estimate of drug-likeness (QED) is 0.681. The second-order valence-corrected chi connectivity index (χ2v) is 7.07.